The summed E-state index contributed by atoms with van der Waals surface area (Å²) in [4.78, 5) is 33.1. The normalized spacial score (nSPS) is 19.0. The molecule has 29 heavy (non-hydrogen) atoms. The first-order valence-electron chi connectivity index (χ1n) is 10.9. The summed E-state index contributed by atoms with van der Waals surface area (Å²) < 4.78 is 2.00. The number of benzene rings is 1. The van der Waals surface area contributed by atoms with Crippen LogP contribution in [-0.4, -0.2) is 38.9 Å². The first-order valence-corrected chi connectivity index (χ1v) is 10.9. The number of piperidine rings is 1. The molecule has 2 aliphatic rings. The second-order valence-corrected chi connectivity index (χ2v) is 8.16. The molecular weight excluding hydrogens is 364 g/mol. The summed E-state index contributed by atoms with van der Waals surface area (Å²) >= 11 is 0. The van der Waals surface area contributed by atoms with Crippen LogP contribution in [0.3, 0.4) is 0 Å². The van der Waals surface area contributed by atoms with Crippen molar-refractivity contribution in [2.75, 3.05) is 11.9 Å². The van der Waals surface area contributed by atoms with Crippen LogP contribution in [0.25, 0.3) is 0 Å². The van der Waals surface area contributed by atoms with Crippen LogP contribution in [0, 0.1) is 6.92 Å². The van der Waals surface area contributed by atoms with Gasteiger partial charge in [-0.1, -0.05) is 25.1 Å². The fourth-order valence-electron chi connectivity index (χ4n) is 4.60. The van der Waals surface area contributed by atoms with Crippen LogP contribution >= 0.6 is 0 Å². The van der Waals surface area contributed by atoms with Gasteiger partial charge in [0.15, 0.2) is 11.5 Å². The maximum absolute atomic E-state index is 13.4. The molecule has 2 aliphatic heterocycles. The molecule has 4 rings (SSSR count). The highest BCUT2D eigenvalue weighted by Gasteiger charge is 2.33. The molecule has 6 heteroatoms. The van der Waals surface area contributed by atoms with Crippen LogP contribution in [-0.2, 0) is 13.0 Å². The number of amides is 2. The van der Waals surface area contributed by atoms with Crippen molar-refractivity contribution >= 4 is 17.5 Å². The molecule has 3 heterocycles. The van der Waals surface area contributed by atoms with Crippen molar-refractivity contribution in [3.63, 3.8) is 0 Å². The lowest BCUT2D eigenvalue weighted by Crippen LogP contribution is -2.44. The molecule has 0 radical (unpaired) electrons. The average Bonchev–Trinajstić information content (AvgIpc) is 3.14. The predicted molar refractivity (Wildman–Crippen MR) is 113 cm³/mol. The predicted octanol–water partition coefficient (Wildman–Crippen LogP) is 4.18. The number of hydrogen-bond donors (Lipinski definition) is 1. The van der Waals surface area contributed by atoms with Crippen molar-refractivity contribution in [2.24, 2.45) is 0 Å². The second-order valence-electron chi connectivity index (χ2n) is 8.16. The van der Waals surface area contributed by atoms with Gasteiger partial charge in [0.05, 0.1) is 5.69 Å². The fourth-order valence-corrected chi connectivity index (χ4v) is 4.60. The van der Waals surface area contributed by atoms with Gasteiger partial charge in [-0.05, 0) is 63.5 Å². The topological polar surface area (TPSA) is 67.2 Å². The number of aryl methyl sites for hydroxylation is 1. The van der Waals surface area contributed by atoms with Crippen LogP contribution in [0.15, 0.2) is 24.3 Å². The Morgan fingerprint density at radius 1 is 1.14 bits per heavy atom. The molecule has 154 valence electrons. The third-order valence-corrected chi connectivity index (χ3v) is 6.28. The molecule has 1 saturated heterocycles. The Morgan fingerprint density at radius 2 is 1.93 bits per heavy atom. The van der Waals surface area contributed by atoms with Crippen LogP contribution in [0.4, 0.5) is 5.69 Å². The van der Waals surface area contributed by atoms with Gasteiger partial charge in [-0.25, -0.2) is 4.98 Å². The van der Waals surface area contributed by atoms with Gasteiger partial charge < -0.3 is 14.8 Å². The number of nitrogens with one attached hydrogen (secondary N) is 1. The first-order chi connectivity index (χ1) is 14.1. The van der Waals surface area contributed by atoms with Crippen molar-refractivity contribution in [2.45, 2.75) is 71.4 Å². The molecule has 1 N–H and O–H groups in total. The molecule has 2 aromatic rings. The first kappa shape index (κ1) is 19.7. The van der Waals surface area contributed by atoms with Crippen molar-refractivity contribution in [1.82, 2.24) is 14.5 Å². The van der Waals surface area contributed by atoms with Gasteiger partial charge in [-0.2, -0.15) is 0 Å². The summed E-state index contributed by atoms with van der Waals surface area (Å²) in [6, 6.07) is 7.98. The smallest absolute Gasteiger partial charge is 0.290 e. The molecule has 1 atom stereocenters. The Hall–Kier alpha value is -2.63. The number of nitrogens with zero attached hydrogens (tertiary/aromatic N) is 3. The number of para-hydroxylation sites is 1. The molecule has 6 nitrogen and oxygen atoms in total. The van der Waals surface area contributed by atoms with E-state index < -0.39 is 0 Å². The molecule has 1 aromatic heterocycles. The number of anilines is 1. The minimum Gasteiger partial charge on any atom is -0.333 e. The van der Waals surface area contributed by atoms with E-state index in [2.05, 4.69) is 17.2 Å². The number of carbonyl (C=O) groups is 2. The van der Waals surface area contributed by atoms with E-state index >= 15 is 0 Å². The Morgan fingerprint density at radius 3 is 2.72 bits per heavy atom. The van der Waals surface area contributed by atoms with Crippen molar-refractivity contribution in [1.29, 1.82) is 0 Å². The lowest BCUT2D eigenvalue weighted by Gasteiger charge is -2.35. The van der Waals surface area contributed by atoms with E-state index in [-0.39, 0.29) is 17.9 Å². The van der Waals surface area contributed by atoms with Gasteiger partial charge in [-0.15, -0.1) is 0 Å². The number of likely N-dealkylation sites (tertiary alicyclic amines) is 1. The maximum atomic E-state index is 13.4. The van der Waals surface area contributed by atoms with Crippen molar-refractivity contribution < 1.29 is 9.59 Å². The molecule has 0 saturated carbocycles. The number of rotatable bonds is 4. The maximum Gasteiger partial charge on any atom is 0.290 e. The van der Waals surface area contributed by atoms with Crippen molar-refractivity contribution in [3.8, 4) is 0 Å². The Labute approximate surface area is 172 Å². The van der Waals surface area contributed by atoms with Gasteiger partial charge in [0.25, 0.3) is 11.8 Å². The zero-order valence-corrected chi connectivity index (χ0v) is 17.4. The molecule has 1 unspecified atom stereocenters. The summed E-state index contributed by atoms with van der Waals surface area (Å²) in [7, 11) is 0. The van der Waals surface area contributed by atoms with E-state index in [1.807, 2.05) is 40.7 Å². The van der Waals surface area contributed by atoms with E-state index in [9.17, 15) is 9.59 Å². The standard InChI is InChI=1S/C23H30N4O2/c1-3-17-11-6-8-14-26(17)23(29)21-25-20(19-13-7-9-15-27(19)21)22(28)24-18-12-5-4-10-16(18)2/h4-5,10,12,17H,3,6-9,11,13-15H2,1-2H3,(H,24,28). The zero-order chi connectivity index (χ0) is 20.4. The molecule has 0 aliphatic carbocycles. The largest absolute Gasteiger partial charge is 0.333 e. The van der Waals surface area contributed by atoms with Gasteiger partial charge in [0.1, 0.15) is 0 Å². The lowest BCUT2D eigenvalue weighted by atomic mass is 10.00. The molecular formula is C23H30N4O2. The molecule has 0 bridgehead atoms. The van der Waals surface area contributed by atoms with E-state index in [0.717, 1.165) is 68.6 Å². The Balaban J connectivity index is 1.66. The highest BCUT2D eigenvalue weighted by atomic mass is 16.2. The number of fused-ring (bicyclic) bond motifs is 1. The van der Waals surface area contributed by atoms with E-state index in [0.29, 0.717) is 11.5 Å². The summed E-state index contributed by atoms with van der Waals surface area (Å²) in [5.74, 6) is 0.194. The van der Waals surface area contributed by atoms with Crippen LogP contribution < -0.4 is 5.32 Å². The van der Waals surface area contributed by atoms with Gasteiger partial charge >= 0.3 is 0 Å². The summed E-state index contributed by atoms with van der Waals surface area (Å²) in [5, 5.41) is 2.99. The Kier molecular flexibility index (Phi) is 5.69. The van der Waals surface area contributed by atoms with Crippen LogP contribution in [0.1, 0.15) is 77.8 Å². The monoisotopic (exact) mass is 394 g/mol. The minimum absolute atomic E-state index is 0.0189. The third-order valence-electron chi connectivity index (χ3n) is 6.28. The second kappa shape index (κ2) is 8.39. The number of hydrogen-bond acceptors (Lipinski definition) is 3. The van der Waals surface area contributed by atoms with E-state index in [1.165, 1.54) is 6.42 Å². The van der Waals surface area contributed by atoms with Gasteiger partial charge in [0.2, 0.25) is 0 Å². The third kappa shape index (κ3) is 3.80. The molecule has 1 aromatic carbocycles. The van der Waals surface area contributed by atoms with Crippen LogP contribution in [0.5, 0.6) is 0 Å². The number of aromatic nitrogens is 2. The summed E-state index contributed by atoms with van der Waals surface area (Å²) in [5.41, 5.74) is 3.09. The molecule has 0 spiro atoms. The van der Waals surface area contributed by atoms with Crippen molar-refractivity contribution in [3.05, 3.63) is 47.0 Å². The van der Waals surface area contributed by atoms with Gasteiger partial charge in [0, 0.05) is 24.8 Å². The summed E-state index contributed by atoms with van der Waals surface area (Å²) in [6.45, 7) is 5.64. The van der Waals surface area contributed by atoms with Gasteiger partial charge in [-0.3, -0.25) is 9.59 Å². The van der Waals surface area contributed by atoms with E-state index in [4.69, 9.17) is 0 Å². The fraction of sp³-hybridized carbons (Fsp3) is 0.522. The summed E-state index contributed by atoms with van der Waals surface area (Å²) in [6.07, 6.45) is 7.04. The van der Waals surface area contributed by atoms with E-state index in [1.54, 1.807) is 0 Å². The number of carbonyl (C=O) groups excluding carboxylic acids is 2. The molecule has 1 fully saturated rings. The quantitative estimate of drug-likeness (QED) is 0.846. The number of imidazole rings is 1. The highest BCUT2D eigenvalue weighted by molar-refractivity contribution is 6.05. The lowest BCUT2D eigenvalue weighted by molar-refractivity contribution is 0.0589. The average molecular weight is 395 g/mol. The minimum atomic E-state index is -0.227. The Bertz CT molecular complexity index is 918. The van der Waals surface area contributed by atoms with Crippen LogP contribution in [0.2, 0.25) is 0 Å². The molecule has 2 amide bonds. The zero-order valence-electron chi connectivity index (χ0n) is 17.4. The highest BCUT2D eigenvalue weighted by Crippen LogP contribution is 2.26. The SMILES string of the molecule is CCC1CCCCN1C(=O)c1nc(C(=O)Nc2ccccc2C)c2n1CCCC2.